The van der Waals surface area contributed by atoms with Crippen LogP contribution in [0.1, 0.15) is 181 Å². The van der Waals surface area contributed by atoms with E-state index in [4.69, 9.17) is 0 Å². The number of hydrogen-bond donors (Lipinski definition) is 4. The lowest BCUT2D eigenvalue weighted by Crippen LogP contribution is -2.45. The summed E-state index contributed by atoms with van der Waals surface area (Å²) >= 11 is 0. The minimum atomic E-state index is -0.926. The van der Waals surface area contributed by atoms with E-state index in [1.54, 1.807) is 6.08 Å². The fourth-order valence-corrected chi connectivity index (χ4v) is 5.39. The summed E-state index contributed by atoms with van der Waals surface area (Å²) in [6.45, 7) is 4.18. The predicted molar refractivity (Wildman–Crippen MR) is 181 cm³/mol. The molecule has 4 N–H and O–H groups in total. The van der Waals surface area contributed by atoms with Crippen LogP contribution < -0.4 is 5.32 Å². The van der Waals surface area contributed by atoms with Gasteiger partial charge in [-0.3, -0.25) is 4.79 Å². The lowest BCUT2D eigenvalue weighted by molar-refractivity contribution is -0.124. The van der Waals surface area contributed by atoms with Gasteiger partial charge in [0.15, 0.2) is 0 Å². The quantitative estimate of drug-likeness (QED) is 0.0462. The zero-order valence-corrected chi connectivity index (χ0v) is 27.9. The first-order valence-electron chi connectivity index (χ1n) is 18.1. The lowest BCUT2D eigenvalue weighted by Gasteiger charge is -2.21. The van der Waals surface area contributed by atoms with E-state index in [1.807, 2.05) is 6.08 Å². The maximum absolute atomic E-state index is 12.3. The number of nitrogens with one attached hydrogen (secondary N) is 1. The van der Waals surface area contributed by atoms with Crippen molar-refractivity contribution in [3.05, 3.63) is 24.3 Å². The van der Waals surface area contributed by atoms with E-state index in [9.17, 15) is 20.1 Å². The van der Waals surface area contributed by atoms with Gasteiger partial charge >= 0.3 is 0 Å². The van der Waals surface area contributed by atoms with Crippen LogP contribution in [0.25, 0.3) is 0 Å². The van der Waals surface area contributed by atoms with E-state index in [1.165, 1.54) is 116 Å². The van der Waals surface area contributed by atoms with Crippen LogP contribution in [0.3, 0.4) is 0 Å². The fourth-order valence-electron chi connectivity index (χ4n) is 5.39. The summed E-state index contributed by atoms with van der Waals surface area (Å²) in [4.78, 5) is 12.3. The molecule has 0 aromatic heterocycles. The van der Waals surface area contributed by atoms with Crippen molar-refractivity contribution in [3.63, 3.8) is 0 Å². The molecule has 0 heterocycles. The van der Waals surface area contributed by atoms with Crippen LogP contribution >= 0.6 is 0 Å². The molecule has 0 aliphatic rings. The highest BCUT2D eigenvalue weighted by atomic mass is 16.3. The molecule has 0 aromatic rings. The van der Waals surface area contributed by atoms with Gasteiger partial charge in [-0.25, -0.2) is 0 Å². The largest absolute Gasteiger partial charge is 0.394 e. The van der Waals surface area contributed by atoms with Gasteiger partial charge in [0.1, 0.15) is 0 Å². The molecule has 0 aliphatic carbocycles. The summed E-state index contributed by atoms with van der Waals surface area (Å²) in [6.07, 6.45) is 37.2. The third-order valence-electron chi connectivity index (χ3n) is 8.23. The van der Waals surface area contributed by atoms with Crippen molar-refractivity contribution in [1.82, 2.24) is 5.32 Å². The Balaban J connectivity index is 3.76. The minimum absolute atomic E-state index is 0.00887. The van der Waals surface area contributed by atoms with Crippen LogP contribution in [-0.2, 0) is 4.79 Å². The van der Waals surface area contributed by atoms with Crippen LogP contribution in [0.2, 0.25) is 0 Å². The van der Waals surface area contributed by atoms with Crippen molar-refractivity contribution in [2.75, 3.05) is 6.61 Å². The number of aliphatic hydroxyl groups is 3. The number of unbranched alkanes of at least 4 members (excludes halogenated alkanes) is 21. The molecule has 0 saturated carbocycles. The highest BCUT2D eigenvalue weighted by molar-refractivity contribution is 5.76. The number of rotatable bonds is 32. The van der Waals surface area contributed by atoms with E-state index in [0.29, 0.717) is 6.42 Å². The van der Waals surface area contributed by atoms with E-state index in [2.05, 4.69) is 31.3 Å². The zero-order valence-electron chi connectivity index (χ0n) is 27.9. The Labute approximate surface area is 261 Å². The molecule has 5 nitrogen and oxygen atoms in total. The van der Waals surface area contributed by atoms with Gasteiger partial charge in [0, 0.05) is 0 Å². The van der Waals surface area contributed by atoms with Gasteiger partial charge in [0.2, 0.25) is 5.91 Å². The van der Waals surface area contributed by atoms with Crippen molar-refractivity contribution in [2.45, 2.75) is 199 Å². The Morgan fingerprint density at radius 1 is 0.595 bits per heavy atom. The number of allylic oxidation sites excluding steroid dienone is 3. The number of carbonyl (C=O) groups excluding carboxylic acids is 1. The molecule has 0 saturated heterocycles. The van der Waals surface area contributed by atoms with Crippen LogP contribution in [0.5, 0.6) is 0 Å². The summed E-state index contributed by atoms with van der Waals surface area (Å²) in [5, 5.41) is 33.0. The minimum Gasteiger partial charge on any atom is -0.394 e. The second kappa shape index (κ2) is 32.7. The Morgan fingerprint density at radius 2 is 1.00 bits per heavy atom. The topological polar surface area (TPSA) is 89.8 Å². The van der Waals surface area contributed by atoms with E-state index in [-0.39, 0.29) is 18.9 Å². The lowest BCUT2D eigenvalue weighted by atomic mass is 10.0. The smallest absolute Gasteiger partial charge is 0.222 e. The van der Waals surface area contributed by atoms with Gasteiger partial charge in [-0.1, -0.05) is 154 Å². The zero-order chi connectivity index (χ0) is 30.9. The van der Waals surface area contributed by atoms with E-state index in [0.717, 1.165) is 38.5 Å². The van der Waals surface area contributed by atoms with Gasteiger partial charge < -0.3 is 20.6 Å². The number of aliphatic hydroxyl groups excluding tert-OH is 3. The average Bonchev–Trinajstić information content (AvgIpc) is 2.98. The molecule has 3 atom stereocenters. The number of hydrogen-bond acceptors (Lipinski definition) is 4. The number of amides is 1. The molecule has 0 radical (unpaired) electrons. The summed E-state index contributed by atoms with van der Waals surface area (Å²) in [5.41, 5.74) is 0. The van der Waals surface area contributed by atoms with Crippen molar-refractivity contribution in [3.8, 4) is 0 Å². The van der Waals surface area contributed by atoms with E-state index < -0.39 is 18.2 Å². The Bertz CT molecular complexity index is 621. The Kier molecular flexibility index (Phi) is 31.8. The van der Waals surface area contributed by atoms with Gasteiger partial charge in [-0.05, 0) is 44.9 Å². The second-order valence-electron chi connectivity index (χ2n) is 12.5. The first kappa shape index (κ1) is 40.8. The SMILES string of the molecule is CCCCCCCC/C=C\CCCCCCCC(O)CC(=O)NC(CO)C(O)/C=C/CCCCCCCCCCCC. The van der Waals surface area contributed by atoms with Crippen LogP contribution in [0.4, 0.5) is 0 Å². The first-order chi connectivity index (χ1) is 20.5. The number of carbonyl (C=O) groups is 1. The molecular weight excluding hydrogens is 522 g/mol. The van der Waals surface area contributed by atoms with Crippen molar-refractivity contribution < 1.29 is 20.1 Å². The summed E-state index contributed by atoms with van der Waals surface area (Å²) in [5.74, 6) is -0.323. The summed E-state index contributed by atoms with van der Waals surface area (Å²) in [7, 11) is 0. The molecule has 0 aromatic carbocycles. The van der Waals surface area contributed by atoms with Gasteiger partial charge in [0.25, 0.3) is 0 Å². The van der Waals surface area contributed by atoms with Gasteiger partial charge in [-0.2, -0.15) is 0 Å². The monoisotopic (exact) mass is 594 g/mol. The third-order valence-corrected chi connectivity index (χ3v) is 8.23. The Morgan fingerprint density at radius 3 is 1.45 bits per heavy atom. The average molecular weight is 594 g/mol. The van der Waals surface area contributed by atoms with Crippen LogP contribution in [-0.4, -0.2) is 46.1 Å². The fraction of sp³-hybridized carbons (Fsp3) is 0.865. The predicted octanol–water partition coefficient (Wildman–Crippen LogP) is 9.48. The summed E-state index contributed by atoms with van der Waals surface area (Å²) in [6, 6.07) is -0.742. The molecule has 248 valence electrons. The normalized spacial score (nSPS) is 14.1. The van der Waals surface area contributed by atoms with Gasteiger partial charge in [-0.15, -0.1) is 0 Å². The van der Waals surface area contributed by atoms with Crippen molar-refractivity contribution in [2.24, 2.45) is 0 Å². The maximum atomic E-state index is 12.3. The molecule has 3 unspecified atom stereocenters. The van der Waals surface area contributed by atoms with Crippen molar-refractivity contribution in [1.29, 1.82) is 0 Å². The molecule has 1 amide bonds. The maximum Gasteiger partial charge on any atom is 0.222 e. The first-order valence-corrected chi connectivity index (χ1v) is 18.1. The molecule has 0 aliphatic heterocycles. The molecule has 0 rings (SSSR count). The molecule has 0 spiro atoms. The van der Waals surface area contributed by atoms with E-state index >= 15 is 0 Å². The third kappa shape index (κ3) is 28.9. The van der Waals surface area contributed by atoms with Crippen LogP contribution in [0.15, 0.2) is 24.3 Å². The highest BCUT2D eigenvalue weighted by Gasteiger charge is 2.20. The second-order valence-corrected chi connectivity index (χ2v) is 12.5. The van der Waals surface area contributed by atoms with Crippen molar-refractivity contribution >= 4 is 5.91 Å². The molecule has 5 heteroatoms. The molecular formula is C37H71NO4. The van der Waals surface area contributed by atoms with Gasteiger partial charge in [0.05, 0.1) is 31.3 Å². The summed E-state index contributed by atoms with van der Waals surface area (Å²) < 4.78 is 0. The molecule has 0 fully saturated rings. The molecule has 42 heavy (non-hydrogen) atoms. The molecule has 0 bridgehead atoms. The standard InChI is InChI=1S/C37H71NO4/c1-3-5-7-9-11-13-15-17-18-19-20-22-24-26-28-30-34(40)32-37(42)38-35(33-39)36(41)31-29-27-25-23-21-16-14-12-10-8-6-4-2/h17-18,29,31,34-36,39-41H,3-16,19-28,30,32-33H2,1-2H3,(H,38,42)/b18-17-,31-29+. The van der Waals surface area contributed by atoms with Crippen LogP contribution in [0, 0.1) is 0 Å². The Hall–Kier alpha value is -1.17. The highest BCUT2D eigenvalue weighted by Crippen LogP contribution is 2.13.